The Hall–Kier alpha value is -4.76. The minimum atomic E-state index is -0.0246. The van der Waals surface area contributed by atoms with Crippen LogP contribution in [0.1, 0.15) is 52.7 Å². The fourth-order valence-corrected chi connectivity index (χ4v) is 6.31. The fraction of sp³-hybridized carbons (Fsp3) is 0.179. The average molecular weight is 551 g/mol. The molecule has 1 aliphatic heterocycles. The molecular formula is C39H34O3. The second kappa shape index (κ2) is 12.0. The lowest BCUT2D eigenvalue weighted by molar-refractivity contribution is 0.105. The van der Waals surface area contributed by atoms with E-state index in [4.69, 9.17) is 14.2 Å². The number of allylic oxidation sites excluding steroid dienone is 1. The molecule has 3 unspecified atom stereocenters. The van der Waals surface area contributed by atoms with Gasteiger partial charge in [0.15, 0.2) is 0 Å². The van der Waals surface area contributed by atoms with Gasteiger partial charge in [-0.1, -0.05) is 115 Å². The van der Waals surface area contributed by atoms with Gasteiger partial charge in [0, 0.05) is 11.5 Å². The van der Waals surface area contributed by atoms with Crippen molar-refractivity contribution in [2.45, 2.75) is 38.1 Å². The number of benzene rings is 5. The van der Waals surface area contributed by atoms with Crippen molar-refractivity contribution in [3.8, 4) is 17.2 Å². The van der Waals surface area contributed by atoms with Gasteiger partial charge in [-0.05, 0) is 71.3 Å². The van der Waals surface area contributed by atoms with Crippen molar-refractivity contribution in [2.75, 3.05) is 0 Å². The van der Waals surface area contributed by atoms with Gasteiger partial charge >= 0.3 is 0 Å². The summed E-state index contributed by atoms with van der Waals surface area (Å²) in [6, 6.07) is 46.0. The minimum Gasteiger partial charge on any atom is -0.489 e. The predicted octanol–water partition coefficient (Wildman–Crippen LogP) is 9.56. The molecule has 0 saturated heterocycles. The molecule has 5 aromatic rings. The van der Waals surface area contributed by atoms with Crippen LogP contribution >= 0.6 is 0 Å². The van der Waals surface area contributed by atoms with E-state index in [-0.39, 0.29) is 6.10 Å². The van der Waals surface area contributed by atoms with Gasteiger partial charge in [0.2, 0.25) is 0 Å². The number of ether oxygens (including phenoxy) is 3. The van der Waals surface area contributed by atoms with Crippen molar-refractivity contribution < 1.29 is 14.2 Å². The molecule has 1 fully saturated rings. The van der Waals surface area contributed by atoms with Gasteiger partial charge in [0.25, 0.3) is 0 Å². The van der Waals surface area contributed by atoms with Crippen LogP contribution in [0, 0.1) is 5.92 Å². The molecule has 42 heavy (non-hydrogen) atoms. The molecule has 0 radical (unpaired) electrons. The van der Waals surface area contributed by atoms with Crippen molar-refractivity contribution in [2.24, 2.45) is 5.92 Å². The smallest absolute Gasteiger partial charge is 0.127 e. The Bertz CT molecular complexity index is 1640. The van der Waals surface area contributed by atoms with E-state index in [1.54, 1.807) is 0 Å². The lowest BCUT2D eigenvalue weighted by Gasteiger charge is -2.36. The van der Waals surface area contributed by atoms with Gasteiger partial charge in [0.1, 0.15) is 36.6 Å². The van der Waals surface area contributed by atoms with Crippen molar-refractivity contribution >= 4 is 6.08 Å². The summed E-state index contributed by atoms with van der Waals surface area (Å²) in [6.07, 6.45) is 4.37. The zero-order chi connectivity index (χ0) is 28.1. The summed E-state index contributed by atoms with van der Waals surface area (Å²) in [5.41, 5.74) is 7.48. The maximum Gasteiger partial charge on any atom is 0.127 e. The molecule has 0 aromatic heterocycles. The highest BCUT2D eigenvalue weighted by Crippen LogP contribution is 2.56. The Morgan fingerprint density at radius 1 is 0.619 bits per heavy atom. The molecule has 2 aliphatic rings. The third-order valence-corrected chi connectivity index (χ3v) is 8.40. The Kier molecular flexibility index (Phi) is 7.47. The first kappa shape index (κ1) is 26.2. The molecule has 0 amide bonds. The third-order valence-electron chi connectivity index (χ3n) is 8.40. The highest BCUT2D eigenvalue weighted by Gasteiger charge is 2.44. The summed E-state index contributed by atoms with van der Waals surface area (Å²) in [5.74, 6) is 3.42. The minimum absolute atomic E-state index is 0.0246. The standard InChI is InChI=1S/C39H34O3/c1-4-10-28(11-5-1)22-31-23-35-36-25-34(41-27-30-14-8-3-9-15-30)20-21-38(36)42-39(37(35)24-31)32-16-18-33(19-17-32)40-26-29-12-6-2-7-13-29/h1-22,25,35,37,39H,23-24,26-27H2. The van der Waals surface area contributed by atoms with E-state index in [1.807, 2.05) is 42.5 Å². The highest BCUT2D eigenvalue weighted by molar-refractivity contribution is 5.56. The Labute approximate surface area is 248 Å². The zero-order valence-electron chi connectivity index (χ0n) is 23.6. The van der Waals surface area contributed by atoms with Gasteiger partial charge < -0.3 is 14.2 Å². The van der Waals surface area contributed by atoms with Crippen LogP contribution in [0.5, 0.6) is 17.2 Å². The molecule has 1 aliphatic carbocycles. The van der Waals surface area contributed by atoms with Gasteiger partial charge in [-0.15, -0.1) is 0 Å². The Morgan fingerprint density at radius 3 is 1.88 bits per heavy atom. The van der Waals surface area contributed by atoms with Crippen LogP contribution in [0.3, 0.4) is 0 Å². The van der Waals surface area contributed by atoms with E-state index in [1.165, 1.54) is 22.3 Å². The van der Waals surface area contributed by atoms with E-state index in [0.717, 1.165) is 41.2 Å². The molecular weight excluding hydrogens is 516 g/mol. The van der Waals surface area contributed by atoms with Gasteiger partial charge in [-0.25, -0.2) is 0 Å². The quantitative estimate of drug-likeness (QED) is 0.193. The summed E-state index contributed by atoms with van der Waals surface area (Å²) in [5, 5.41) is 0. The second-order valence-electron chi connectivity index (χ2n) is 11.2. The van der Waals surface area contributed by atoms with Crippen LogP contribution in [0.15, 0.2) is 139 Å². The van der Waals surface area contributed by atoms with E-state index in [2.05, 4.69) is 97.1 Å². The summed E-state index contributed by atoms with van der Waals surface area (Å²) in [7, 11) is 0. The second-order valence-corrected chi connectivity index (χ2v) is 11.2. The SMILES string of the molecule is C(=C1CC2c3cc(OCc4ccccc4)ccc3OC(c3ccc(OCc4ccccc4)cc3)C2C1)c1ccccc1. The van der Waals surface area contributed by atoms with Crippen LogP contribution in [-0.2, 0) is 13.2 Å². The van der Waals surface area contributed by atoms with E-state index < -0.39 is 0 Å². The molecule has 1 heterocycles. The Morgan fingerprint density at radius 2 is 1.21 bits per heavy atom. The maximum atomic E-state index is 6.79. The van der Waals surface area contributed by atoms with Crippen LogP contribution in [-0.4, -0.2) is 0 Å². The van der Waals surface area contributed by atoms with Gasteiger partial charge in [-0.3, -0.25) is 0 Å². The number of fused-ring (bicyclic) bond motifs is 3. The predicted molar refractivity (Wildman–Crippen MR) is 168 cm³/mol. The van der Waals surface area contributed by atoms with Crippen molar-refractivity contribution in [1.29, 1.82) is 0 Å². The number of rotatable bonds is 8. The van der Waals surface area contributed by atoms with E-state index >= 15 is 0 Å². The fourth-order valence-electron chi connectivity index (χ4n) is 6.31. The highest BCUT2D eigenvalue weighted by atomic mass is 16.5. The summed E-state index contributed by atoms with van der Waals surface area (Å²) < 4.78 is 19.1. The van der Waals surface area contributed by atoms with Crippen molar-refractivity contribution in [3.63, 3.8) is 0 Å². The first-order valence-corrected chi connectivity index (χ1v) is 14.8. The largest absolute Gasteiger partial charge is 0.489 e. The van der Waals surface area contributed by atoms with Crippen molar-refractivity contribution in [1.82, 2.24) is 0 Å². The molecule has 1 saturated carbocycles. The maximum absolute atomic E-state index is 6.79. The number of hydrogen-bond acceptors (Lipinski definition) is 3. The molecule has 0 bridgehead atoms. The summed E-state index contributed by atoms with van der Waals surface area (Å²) in [6.45, 7) is 1.11. The van der Waals surface area contributed by atoms with E-state index in [0.29, 0.717) is 25.0 Å². The van der Waals surface area contributed by atoms with Gasteiger partial charge in [0.05, 0.1) is 0 Å². The zero-order valence-corrected chi connectivity index (χ0v) is 23.6. The summed E-state index contributed by atoms with van der Waals surface area (Å²) in [4.78, 5) is 0. The first-order valence-electron chi connectivity index (χ1n) is 14.8. The molecule has 7 rings (SSSR count). The third kappa shape index (κ3) is 5.82. The van der Waals surface area contributed by atoms with Crippen LogP contribution in [0.2, 0.25) is 0 Å². The molecule has 3 heteroatoms. The molecule has 0 N–H and O–H groups in total. The molecule has 5 aromatic carbocycles. The van der Waals surface area contributed by atoms with Crippen molar-refractivity contribution in [3.05, 3.63) is 167 Å². The van der Waals surface area contributed by atoms with Crippen LogP contribution < -0.4 is 14.2 Å². The normalized spacial score (nSPS) is 19.9. The molecule has 0 spiro atoms. The van der Waals surface area contributed by atoms with Gasteiger partial charge in [-0.2, -0.15) is 0 Å². The first-order chi connectivity index (χ1) is 20.8. The topological polar surface area (TPSA) is 27.7 Å². The molecule has 3 nitrogen and oxygen atoms in total. The van der Waals surface area contributed by atoms with E-state index in [9.17, 15) is 0 Å². The molecule has 3 atom stereocenters. The lowest BCUT2D eigenvalue weighted by atomic mass is 9.80. The van der Waals surface area contributed by atoms with Crippen LogP contribution in [0.25, 0.3) is 6.08 Å². The lowest BCUT2D eigenvalue weighted by Crippen LogP contribution is -2.26. The number of hydrogen-bond donors (Lipinski definition) is 0. The Balaban J connectivity index is 1.15. The molecule has 208 valence electrons. The average Bonchev–Trinajstić information content (AvgIpc) is 3.48. The summed E-state index contributed by atoms with van der Waals surface area (Å²) >= 11 is 0. The van der Waals surface area contributed by atoms with Crippen LogP contribution in [0.4, 0.5) is 0 Å². The monoisotopic (exact) mass is 550 g/mol.